The Hall–Kier alpha value is -0.200. The van der Waals surface area contributed by atoms with Crippen LogP contribution in [-0.2, 0) is 0 Å². The van der Waals surface area contributed by atoms with Crippen LogP contribution in [0.1, 0.15) is 26.7 Å². The normalized spacial score (nSPS) is 35.5. The summed E-state index contributed by atoms with van der Waals surface area (Å²) >= 11 is 0. The molecular formula is C12H25NO4. The zero-order chi connectivity index (χ0) is 13.0. The molecule has 1 aliphatic heterocycles. The number of hydrogen-bond donors (Lipinski definition) is 4. The van der Waals surface area contributed by atoms with Gasteiger partial charge in [-0.3, -0.25) is 4.90 Å². The van der Waals surface area contributed by atoms with Crippen LogP contribution in [0.25, 0.3) is 0 Å². The average Bonchev–Trinajstić information content (AvgIpc) is 2.33. The van der Waals surface area contributed by atoms with Gasteiger partial charge in [-0.25, -0.2) is 0 Å². The quantitative estimate of drug-likeness (QED) is 0.510. The topological polar surface area (TPSA) is 84.2 Å². The van der Waals surface area contributed by atoms with Crippen LogP contribution in [0.3, 0.4) is 0 Å². The second-order valence-corrected chi connectivity index (χ2v) is 4.93. The molecule has 17 heavy (non-hydrogen) atoms. The Kier molecular flexibility index (Phi) is 5.82. The third-order valence-corrected chi connectivity index (χ3v) is 3.86. The second kappa shape index (κ2) is 6.66. The summed E-state index contributed by atoms with van der Waals surface area (Å²) in [6.45, 7) is 5.05. The van der Waals surface area contributed by atoms with Gasteiger partial charge in [0, 0.05) is 13.1 Å². The molecule has 0 saturated carbocycles. The fourth-order valence-corrected chi connectivity index (χ4v) is 2.47. The summed E-state index contributed by atoms with van der Waals surface area (Å²) in [5.74, 6) is 0.485. The molecule has 0 aromatic heterocycles. The molecule has 0 amide bonds. The van der Waals surface area contributed by atoms with E-state index in [0.29, 0.717) is 12.5 Å². The Morgan fingerprint density at radius 2 is 1.71 bits per heavy atom. The van der Waals surface area contributed by atoms with Crippen molar-refractivity contribution in [2.45, 2.75) is 51.0 Å². The van der Waals surface area contributed by atoms with E-state index in [4.69, 9.17) is 0 Å². The first-order chi connectivity index (χ1) is 8.04. The number of rotatable bonds is 5. The smallest absolute Gasteiger partial charge is 0.109 e. The summed E-state index contributed by atoms with van der Waals surface area (Å²) < 4.78 is 0. The number of hydrogen-bond acceptors (Lipinski definition) is 5. The highest BCUT2D eigenvalue weighted by Gasteiger charge is 2.41. The van der Waals surface area contributed by atoms with E-state index in [-0.39, 0.29) is 6.61 Å². The second-order valence-electron chi connectivity index (χ2n) is 4.93. The number of aliphatic hydroxyl groups is 4. The third kappa shape index (κ3) is 3.39. The van der Waals surface area contributed by atoms with E-state index in [0.717, 1.165) is 19.4 Å². The first-order valence-corrected chi connectivity index (χ1v) is 6.44. The molecule has 0 bridgehead atoms. The molecule has 102 valence electrons. The third-order valence-electron chi connectivity index (χ3n) is 3.86. The zero-order valence-electron chi connectivity index (χ0n) is 10.7. The van der Waals surface area contributed by atoms with Crippen molar-refractivity contribution in [1.82, 2.24) is 4.90 Å². The lowest BCUT2D eigenvalue weighted by atomic mass is 9.92. The maximum absolute atomic E-state index is 9.82. The van der Waals surface area contributed by atoms with Gasteiger partial charge in [0.15, 0.2) is 0 Å². The van der Waals surface area contributed by atoms with Crippen molar-refractivity contribution in [3.05, 3.63) is 0 Å². The van der Waals surface area contributed by atoms with Gasteiger partial charge in [-0.1, -0.05) is 26.7 Å². The highest BCUT2D eigenvalue weighted by atomic mass is 16.4. The minimum absolute atomic E-state index is 0.203. The van der Waals surface area contributed by atoms with E-state index < -0.39 is 24.4 Å². The van der Waals surface area contributed by atoms with E-state index in [1.54, 1.807) is 0 Å². The van der Waals surface area contributed by atoms with Crippen LogP contribution < -0.4 is 0 Å². The first-order valence-electron chi connectivity index (χ1n) is 6.44. The van der Waals surface area contributed by atoms with Crippen molar-refractivity contribution in [3.8, 4) is 0 Å². The zero-order valence-corrected chi connectivity index (χ0v) is 10.7. The van der Waals surface area contributed by atoms with Gasteiger partial charge in [0.25, 0.3) is 0 Å². The van der Waals surface area contributed by atoms with Gasteiger partial charge in [-0.15, -0.1) is 0 Å². The molecule has 0 aromatic carbocycles. The van der Waals surface area contributed by atoms with Gasteiger partial charge >= 0.3 is 0 Å². The van der Waals surface area contributed by atoms with Gasteiger partial charge in [0.1, 0.15) is 12.2 Å². The number of β-amino-alcohol motifs (C(OH)–C–C–N with tert-alkyl or cyclic N) is 1. The summed E-state index contributed by atoms with van der Waals surface area (Å²) in [5, 5.41) is 38.4. The van der Waals surface area contributed by atoms with E-state index in [1.807, 2.05) is 4.90 Å². The van der Waals surface area contributed by atoms with E-state index in [9.17, 15) is 20.4 Å². The minimum Gasteiger partial charge on any atom is -0.395 e. The maximum atomic E-state index is 9.82. The van der Waals surface area contributed by atoms with Crippen molar-refractivity contribution in [2.24, 2.45) is 5.92 Å². The predicted molar refractivity (Wildman–Crippen MR) is 64.5 cm³/mol. The number of nitrogens with zero attached hydrogens (tertiary/aromatic N) is 1. The molecule has 0 aromatic rings. The molecule has 0 radical (unpaired) electrons. The van der Waals surface area contributed by atoms with E-state index in [1.165, 1.54) is 0 Å². The Bertz CT molecular complexity index is 223. The molecule has 4 atom stereocenters. The Balaban J connectivity index is 2.68. The molecule has 5 heteroatoms. The highest BCUT2D eigenvalue weighted by molar-refractivity contribution is 4.94. The molecule has 0 aliphatic carbocycles. The highest BCUT2D eigenvalue weighted by Crippen LogP contribution is 2.21. The van der Waals surface area contributed by atoms with Gasteiger partial charge in [0.05, 0.1) is 18.8 Å². The summed E-state index contributed by atoms with van der Waals surface area (Å²) in [6.07, 6.45) is -1.13. The van der Waals surface area contributed by atoms with Gasteiger partial charge < -0.3 is 20.4 Å². The van der Waals surface area contributed by atoms with E-state index in [2.05, 4.69) is 13.8 Å². The molecule has 1 saturated heterocycles. The Morgan fingerprint density at radius 1 is 1.12 bits per heavy atom. The van der Waals surface area contributed by atoms with Crippen LogP contribution in [-0.4, -0.2) is 69.4 Å². The van der Waals surface area contributed by atoms with Crippen molar-refractivity contribution in [3.63, 3.8) is 0 Å². The lowest BCUT2D eigenvalue weighted by molar-refractivity contribution is -0.147. The summed E-state index contributed by atoms with van der Waals surface area (Å²) in [6, 6.07) is -0.478. The van der Waals surface area contributed by atoms with Crippen molar-refractivity contribution in [2.75, 3.05) is 19.7 Å². The van der Waals surface area contributed by atoms with Gasteiger partial charge in [-0.2, -0.15) is 0 Å². The summed E-state index contributed by atoms with van der Waals surface area (Å²) in [5.41, 5.74) is 0. The van der Waals surface area contributed by atoms with Crippen LogP contribution >= 0.6 is 0 Å². The van der Waals surface area contributed by atoms with Crippen molar-refractivity contribution < 1.29 is 20.4 Å². The Labute approximate surface area is 103 Å². The SMILES string of the molecule is CCC(CC)CN1CC(O)C(O)C(O)C1CO. The van der Waals surface area contributed by atoms with Crippen LogP contribution in [0.5, 0.6) is 0 Å². The molecule has 5 nitrogen and oxygen atoms in total. The van der Waals surface area contributed by atoms with E-state index >= 15 is 0 Å². The van der Waals surface area contributed by atoms with Crippen molar-refractivity contribution in [1.29, 1.82) is 0 Å². The standard InChI is InChI=1S/C12H25NO4/c1-3-8(4-2)5-13-6-10(15)12(17)11(16)9(13)7-14/h8-12,14-17H,3-7H2,1-2H3. The largest absolute Gasteiger partial charge is 0.395 e. The summed E-state index contributed by atoms with van der Waals surface area (Å²) in [4.78, 5) is 1.89. The van der Waals surface area contributed by atoms with Gasteiger partial charge in [-0.05, 0) is 5.92 Å². The lowest BCUT2D eigenvalue weighted by Gasteiger charge is -2.44. The predicted octanol–water partition coefficient (Wildman–Crippen LogP) is -0.818. The number of piperidine rings is 1. The first kappa shape index (κ1) is 14.9. The fraction of sp³-hybridized carbons (Fsp3) is 1.00. The molecule has 1 rings (SSSR count). The van der Waals surface area contributed by atoms with Crippen LogP contribution in [0, 0.1) is 5.92 Å². The molecule has 1 heterocycles. The average molecular weight is 247 g/mol. The molecule has 4 unspecified atom stereocenters. The van der Waals surface area contributed by atoms with Crippen LogP contribution in [0.4, 0.5) is 0 Å². The van der Waals surface area contributed by atoms with Crippen molar-refractivity contribution >= 4 is 0 Å². The fourth-order valence-electron chi connectivity index (χ4n) is 2.47. The van der Waals surface area contributed by atoms with Crippen LogP contribution in [0.2, 0.25) is 0 Å². The van der Waals surface area contributed by atoms with Gasteiger partial charge in [0.2, 0.25) is 0 Å². The molecule has 1 fully saturated rings. The monoisotopic (exact) mass is 247 g/mol. The van der Waals surface area contributed by atoms with Crippen LogP contribution in [0.15, 0.2) is 0 Å². The number of aliphatic hydroxyl groups excluding tert-OH is 4. The lowest BCUT2D eigenvalue weighted by Crippen LogP contribution is -2.63. The molecule has 4 N–H and O–H groups in total. The molecular weight excluding hydrogens is 222 g/mol. The molecule has 0 spiro atoms. The maximum Gasteiger partial charge on any atom is 0.109 e. The summed E-state index contributed by atoms with van der Waals surface area (Å²) in [7, 11) is 0. The number of likely N-dealkylation sites (tertiary alicyclic amines) is 1. The molecule has 1 aliphatic rings. The minimum atomic E-state index is -1.16. The Morgan fingerprint density at radius 3 is 2.18 bits per heavy atom.